The largest absolute Gasteiger partial charge is 0.490 e. The summed E-state index contributed by atoms with van der Waals surface area (Å²) in [6.07, 6.45) is 3.55. The van der Waals surface area contributed by atoms with E-state index in [1.165, 1.54) is 26.4 Å². The van der Waals surface area contributed by atoms with Crippen molar-refractivity contribution < 1.29 is 13.9 Å². The molecule has 0 saturated carbocycles. The fourth-order valence-electron chi connectivity index (χ4n) is 1.42. The van der Waals surface area contributed by atoms with Gasteiger partial charge in [0.05, 0.1) is 26.4 Å². The number of hydrogen-bond donors (Lipinski definition) is 0. The minimum absolute atomic E-state index is 0.328. The van der Waals surface area contributed by atoms with Crippen molar-refractivity contribution in [3.05, 3.63) is 17.6 Å². The molecule has 0 bridgehead atoms. The zero-order chi connectivity index (χ0) is 12.7. The lowest BCUT2D eigenvalue weighted by Crippen LogP contribution is -1.90. The lowest BCUT2D eigenvalue weighted by molar-refractivity contribution is 0.354. The Balaban J connectivity index is 3.15. The van der Waals surface area contributed by atoms with Crippen LogP contribution in [0.1, 0.15) is 17.9 Å². The molecule has 0 aliphatic rings. The van der Waals surface area contributed by atoms with Gasteiger partial charge in [0.25, 0.3) is 0 Å². The monoisotopic (exact) mass is 232 g/mol. The van der Waals surface area contributed by atoms with Crippen molar-refractivity contribution in [2.24, 2.45) is 0 Å². The van der Waals surface area contributed by atoms with Gasteiger partial charge in [-0.25, -0.2) is 0 Å². The summed E-state index contributed by atoms with van der Waals surface area (Å²) in [5, 5.41) is 17.0. The van der Waals surface area contributed by atoms with E-state index in [0.29, 0.717) is 35.9 Å². The summed E-state index contributed by atoms with van der Waals surface area (Å²) in [5.41, 5.74) is 0. The van der Waals surface area contributed by atoms with E-state index in [0.717, 1.165) is 0 Å². The van der Waals surface area contributed by atoms with Crippen molar-refractivity contribution in [2.75, 3.05) is 14.2 Å². The number of nitriles is 2. The van der Waals surface area contributed by atoms with Gasteiger partial charge >= 0.3 is 0 Å². The van der Waals surface area contributed by atoms with E-state index in [9.17, 15) is 0 Å². The van der Waals surface area contributed by atoms with Gasteiger partial charge in [0.15, 0.2) is 11.5 Å². The van der Waals surface area contributed by atoms with Gasteiger partial charge in [-0.05, 0) is 6.08 Å². The van der Waals surface area contributed by atoms with Crippen LogP contribution in [0.4, 0.5) is 0 Å². The highest BCUT2D eigenvalue weighted by atomic mass is 16.5. The predicted molar refractivity (Wildman–Crippen MR) is 60.4 cm³/mol. The SMILES string of the molecule is COc1c(C=CC#N)oc(CCC#N)c1OC. The Morgan fingerprint density at radius 3 is 2.47 bits per heavy atom. The first kappa shape index (κ1) is 12.7. The van der Waals surface area contributed by atoms with Gasteiger partial charge in [-0.1, -0.05) is 0 Å². The summed E-state index contributed by atoms with van der Waals surface area (Å²) >= 11 is 0. The van der Waals surface area contributed by atoms with Crippen molar-refractivity contribution in [1.29, 1.82) is 10.5 Å². The minimum atomic E-state index is 0.328. The van der Waals surface area contributed by atoms with Crippen LogP contribution in [-0.2, 0) is 6.42 Å². The van der Waals surface area contributed by atoms with Crippen LogP contribution in [0.15, 0.2) is 10.5 Å². The molecule has 1 heterocycles. The number of hydrogen-bond acceptors (Lipinski definition) is 5. The van der Waals surface area contributed by atoms with Gasteiger partial charge in [0.1, 0.15) is 0 Å². The molecule has 0 aliphatic carbocycles. The highest BCUT2D eigenvalue weighted by Crippen LogP contribution is 2.39. The van der Waals surface area contributed by atoms with Gasteiger partial charge in [-0.2, -0.15) is 10.5 Å². The molecule has 0 unspecified atom stereocenters. The first-order valence-corrected chi connectivity index (χ1v) is 4.95. The highest BCUT2D eigenvalue weighted by molar-refractivity contribution is 5.60. The van der Waals surface area contributed by atoms with E-state index < -0.39 is 0 Å². The summed E-state index contributed by atoms with van der Waals surface area (Å²) in [5.74, 6) is 1.87. The minimum Gasteiger partial charge on any atom is -0.490 e. The number of ether oxygens (including phenoxy) is 2. The molecule has 0 N–H and O–H groups in total. The molecular formula is C12H12N2O3. The summed E-state index contributed by atoms with van der Waals surface area (Å²) in [6, 6.07) is 3.90. The van der Waals surface area contributed by atoms with E-state index in [1.807, 2.05) is 12.1 Å². The summed E-state index contributed by atoms with van der Waals surface area (Å²) in [6.45, 7) is 0. The first-order chi connectivity index (χ1) is 8.28. The van der Waals surface area contributed by atoms with Crippen LogP contribution in [0.2, 0.25) is 0 Å². The first-order valence-electron chi connectivity index (χ1n) is 4.95. The summed E-state index contributed by atoms with van der Waals surface area (Å²) in [4.78, 5) is 0. The number of allylic oxidation sites excluding steroid dienone is 1. The number of methoxy groups -OCH3 is 2. The number of rotatable bonds is 5. The number of nitrogens with zero attached hydrogens (tertiary/aromatic N) is 2. The third-order valence-electron chi connectivity index (χ3n) is 2.10. The zero-order valence-corrected chi connectivity index (χ0v) is 9.69. The Morgan fingerprint density at radius 1 is 1.24 bits per heavy atom. The molecular weight excluding hydrogens is 220 g/mol. The topological polar surface area (TPSA) is 79.2 Å². The maximum Gasteiger partial charge on any atom is 0.207 e. The van der Waals surface area contributed by atoms with Crippen LogP contribution >= 0.6 is 0 Å². The van der Waals surface area contributed by atoms with Crippen LogP contribution in [0, 0.1) is 22.7 Å². The van der Waals surface area contributed by atoms with E-state index in [2.05, 4.69) is 0 Å². The Kier molecular flexibility index (Phi) is 4.65. The predicted octanol–water partition coefficient (Wildman–Crippen LogP) is 2.29. The molecule has 0 aliphatic heterocycles. The number of furan rings is 1. The maximum absolute atomic E-state index is 8.55. The normalized spacial score (nSPS) is 9.88. The molecule has 1 aromatic rings. The summed E-state index contributed by atoms with van der Waals surface area (Å²) < 4.78 is 15.8. The van der Waals surface area contributed by atoms with Gasteiger partial charge in [0, 0.05) is 18.9 Å². The second-order valence-corrected chi connectivity index (χ2v) is 3.08. The molecule has 5 heteroatoms. The van der Waals surface area contributed by atoms with Crippen molar-refractivity contribution in [3.63, 3.8) is 0 Å². The standard InChI is InChI=1S/C12H12N2O3/c1-15-11-9(5-3-7-13)17-10(6-4-8-14)12(11)16-2/h3,5H,4,6H2,1-2H3. The Labute approximate surface area is 99.5 Å². The molecule has 1 aromatic heterocycles. The zero-order valence-electron chi connectivity index (χ0n) is 9.69. The molecule has 88 valence electrons. The molecule has 0 atom stereocenters. The quantitative estimate of drug-likeness (QED) is 0.727. The van der Waals surface area contributed by atoms with Crippen molar-refractivity contribution in [3.8, 4) is 23.6 Å². The van der Waals surface area contributed by atoms with E-state index in [-0.39, 0.29) is 0 Å². The maximum atomic E-state index is 8.55. The molecule has 0 amide bonds. The lowest BCUT2D eigenvalue weighted by Gasteiger charge is -2.01. The average Bonchev–Trinajstić information content (AvgIpc) is 2.70. The molecule has 0 aromatic carbocycles. The van der Waals surface area contributed by atoms with Crippen molar-refractivity contribution >= 4 is 6.08 Å². The number of aryl methyl sites for hydroxylation is 1. The van der Waals surface area contributed by atoms with Crippen LogP contribution < -0.4 is 9.47 Å². The second-order valence-electron chi connectivity index (χ2n) is 3.08. The third kappa shape index (κ3) is 2.79. The smallest absolute Gasteiger partial charge is 0.207 e. The molecule has 0 saturated heterocycles. The Bertz CT molecular complexity index is 489. The highest BCUT2D eigenvalue weighted by Gasteiger charge is 2.20. The Hall–Kier alpha value is -2.40. The van der Waals surface area contributed by atoms with Crippen molar-refractivity contribution in [1.82, 2.24) is 0 Å². The van der Waals surface area contributed by atoms with Gasteiger partial charge in [-0.15, -0.1) is 0 Å². The van der Waals surface area contributed by atoms with Crippen LogP contribution in [0.25, 0.3) is 6.08 Å². The van der Waals surface area contributed by atoms with Gasteiger partial charge < -0.3 is 13.9 Å². The molecule has 5 nitrogen and oxygen atoms in total. The van der Waals surface area contributed by atoms with Crippen LogP contribution in [0.3, 0.4) is 0 Å². The van der Waals surface area contributed by atoms with Crippen LogP contribution in [0.5, 0.6) is 11.5 Å². The molecule has 0 spiro atoms. The van der Waals surface area contributed by atoms with Gasteiger partial charge in [0.2, 0.25) is 11.5 Å². The Morgan fingerprint density at radius 2 is 1.94 bits per heavy atom. The second kappa shape index (κ2) is 6.24. The fourth-order valence-corrected chi connectivity index (χ4v) is 1.42. The fraction of sp³-hybridized carbons (Fsp3) is 0.333. The molecule has 17 heavy (non-hydrogen) atoms. The average molecular weight is 232 g/mol. The lowest BCUT2D eigenvalue weighted by atomic mass is 10.2. The van der Waals surface area contributed by atoms with Crippen molar-refractivity contribution in [2.45, 2.75) is 12.8 Å². The molecule has 0 radical (unpaired) electrons. The third-order valence-corrected chi connectivity index (χ3v) is 2.10. The van der Waals surface area contributed by atoms with Crippen LogP contribution in [-0.4, -0.2) is 14.2 Å². The van der Waals surface area contributed by atoms with E-state index in [4.69, 9.17) is 24.4 Å². The van der Waals surface area contributed by atoms with E-state index >= 15 is 0 Å². The summed E-state index contributed by atoms with van der Waals surface area (Å²) in [7, 11) is 2.99. The van der Waals surface area contributed by atoms with Gasteiger partial charge in [-0.3, -0.25) is 0 Å². The molecule has 1 rings (SSSR count). The molecule has 0 fully saturated rings. The van der Waals surface area contributed by atoms with E-state index in [1.54, 1.807) is 0 Å².